The lowest BCUT2D eigenvalue weighted by Crippen LogP contribution is -2.30. The van der Waals surface area contributed by atoms with Crippen LogP contribution in [-0.2, 0) is 22.7 Å². The Morgan fingerprint density at radius 3 is 2.11 bits per heavy atom. The van der Waals surface area contributed by atoms with E-state index in [0.717, 1.165) is 10.0 Å². The summed E-state index contributed by atoms with van der Waals surface area (Å²) in [4.78, 5) is 26.3. The maximum atomic E-state index is 12.4. The van der Waals surface area contributed by atoms with Gasteiger partial charge in [-0.05, 0) is 35.7 Å². The minimum absolute atomic E-state index is 0.0302. The van der Waals surface area contributed by atoms with Gasteiger partial charge in [0.1, 0.15) is 0 Å². The van der Waals surface area contributed by atoms with Crippen molar-refractivity contribution in [1.29, 1.82) is 0 Å². The second-order valence-corrected chi connectivity index (χ2v) is 7.27. The molecule has 0 bridgehead atoms. The van der Waals surface area contributed by atoms with Gasteiger partial charge in [0.25, 0.3) is 0 Å². The van der Waals surface area contributed by atoms with Crippen LogP contribution in [-0.4, -0.2) is 16.7 Å². The van der Waals surface area contributed by atoms with Gasteiger partial charge in [-0.1, -0.05) is 66.2 Å². The summed E-state index contributed by atoms with van der Waals surface area (Å²) in [5, 5.41) is 2.95. The third-order valence-electron chi connectivity index (χ3n) is 4.51. The van der Waals surface area contributed by atoms with E-state index in [4.69, 9.17) is 0 Å². The number of fused-ring (bicyclic) bond motifs is 1. The van der Waals surface area contributed by atoms with E-state index in [9.17, 15) is 9.59 Å². The fourth-order valence-corrected chi connectivity index (χ4v) is 3.30. The summed E-state index contributed by atoms with van der Waals surface area (Å²) in [6, 6.07) is 15.9. The molecule has 1 heterocycles. The molecule has 0 saturated heterocycles. The van der Waals surface area contributed by atoms with E-state index in [1.165, 1.54) is 11.1 Å². The Kier molecular flexibility index (Phi) is 8.04. The quantitative estimate of drug-likeness (QED) is 0.727. The van der Waals surface area contributed by atoms with E-state index < -0.39 is 0 Å². The van der Waals surface area contributed by atoms with Crippen molar-refractivity contribution in [2.45, 2.75) is 52.7 Å². The van der Waals surface area contributed by atoms with Crippen LogP contribution >= 0.6 is 15.9 Å². The minimum atomic E-state index is -0.0968. The first-order valence-electron chi connectivity index (χ1n) is 9.42. The Hall–Kier alpha value is -2.14. The number of nitrogens with one attached hydrogen (secondary N) is 1. The zero-order valence-corrected chi connectivity index (χ0v) is 17.8. The van der Waals surface area contributed by atoms with Crippen molar-refractivity contribution in [3.8, 4) is 0 Å². The van der Waals surface area contributed by atoms with Gasteiger partial charge in [0.2, 0.25) is 11.8 Å². The number of halogens is 1. The zero-order valence-electron chi connectivity index (χ0n) is 16.2. The molecule has 1 aliphatic heterocycles. The highest BCUT2D eigenvalue weighted by Crippen LogP contribution is 2.23. The predicted octanol–water partition coefficient (Wildman–Crippen LogP) is 4.98. The number of rotatable bonds is 5. The molecule has 3 rings (SSSR count). The van der Waals surface area contributed by atoms with Crippen molar-refractivity contribution < 1.29 is 9.59 Å². The molecule has 0 spiro atoms. The fraction of sp³-hybridized carbons (Fsp3) is 0.364. The summed E-state index contributed by atoms with van der Waals surface area (Å²) in [5.41, 5.74) is 3.44. The molecule has 4 nitrogen and oxygen atoms in total. The van der Waals surface area contributed by atoms with Gasteiger partial charge in [-0.25, -0.2) is 0 Å². The summed E-state index contributed by atoms with van der Waals surface area (Å²) in [6.07, 6.45) is 0.458. The highest BCUT2D eigenvalue weighted by atomic mass is 79.9. The molecular weight excluding hydrogens is 404 g/mol. The molecular formula is C22H27BrN2O2. The second kappa shape index (κ2) is 10.3. The Morgan fingerprint density at radius 1 is 1.00 bits per heavy atom. The van der Waals surface area contributed by atoms with Crippen LogP contribution in [0.4, 0.5) is 0 Å². The fourth-order valence-electron chi connectivity index (χ4n) is 3.04. The van der Waals surface area contributed by atoms with Crippen LogP contribution in [0.1, 0.15) is 56.3 Å². The second-order valence-electron chi connectivity index (χ2n) is 6.36. The highest BCUT2D eigenvalue weighted by molar-refractivity contribution is 9.10. The maximum Gasteiger partial charge on any atom is 0.223 e. The first-order valence-corrected chi connectivity index (χ1v) is 10.2. The van der Waals surface area contributed by atoms with Gasteiger partial charge in [0.15, 0.2) is 0 Å². The van der Waals surface area contributed by atoms with Crippen molar-refractivity contribution in [3.05, 3.63) is 69.7 Å². The Labute approximate surface area is 170 Å². The van der Waals surface area contributed by atoms with Crippen LogP contribution in [0, 0.1) is 0 Å². The molecule has 0 aromatic heterocycles. The molecule has 27 heavy (non-hydrogen) atoms. The molecule has 0 fully saturated rings. The van der Waals surface area contributed by atoms with Crippen molar-refractivity contribution in [3.63, 3.8) is 0 Å². The molecule has 5 heteroatoms. The van der Waals surface area contributed by atoms with Crippen LogP contribution in [0.2, 0.25) is 0 Å². The summed E-state index contributed by atoms with van der Waals surface area (Å²) in [5.74, 6) is -0.0666. The van der Waals surface area contributed by atoms with Crippen LogP contribution in [0.3, 0.4) is 0 Å². The van der Waals surface area contributed by atoms with Gasteiger partial charge < -0.3 is 10.2 Å². The molecule has 144 valence electrons. The smallest absolute Gasteiger partial charge is 0.223 e. The van der Waals surface area contributed by atoms with Gasteiger partial charge >= 0.3 is 0 Å². The molecule has 0 aliphatic carbocycles. The third-order valence-corrected chi connectivity index (χ3v) is 5.04. The molecule has 1 unspecified atom stereocenters. The maximum absolute atomic E-state index is 12.4. The third kappa shape index (κ3) is 5.93. The lowest BCUT2D eigenvalue weighted by Gasteiger charge is -2.17. The molecule has 1 aliphatic rings. The molecule has 0 saturated carbocycles. The van der Waals surface area contributed by atoms with Gasteiger partial charge in [-0.3, -0.25) is 9.59 Å². The molecule has 0 radical (unpaired) electrons. The van der Waals surface area contributed by atoms with Gasteiger partial charge in [0.05, 0.1) is 6.04 Å². The van der Waals surface area contributed by atoms with E-state index in [1.807, 2.05) is 62.1 Å². The van der Waals surface area contributed by atoms with E-state index >= 15 is 0 Å². The minimum Gasteiger partial charge on any atom is -0.350 e. The Bertz CT molecular complexity index is 749. The standard InChI is InChI=1S/C20H21BrN2O2.C2H6/c1-14(15-6-8-18(21)9-7-15)22-19(24)10-11-20(25)23-12-16-4-2-3-5-17(16)13-23;1-2/h2-9,14H,10-13H2,1H3,(H,22,24);1-2H3. The first-order chi connectivity index (χ1) is 13.0. The summed E-state index contributed by atoms with van der Waals surface area (Å²) in [6.45, 7) is 7.23. The monoisotopic (exact) mass is 430 g/mol. The van der Waals surface area contributed by atoms with Crippen molar-refractivity contribution >= 4 is 27.7 Å². The lowest BCUT2D eigenvalue weighted by atomic mass is 10.1. The van der Waals surface area contributed by atoms with E-state index in [0.29, 0.717) is 13.1 Å². The normalized spacial score (nSPS) is 13.3. The van der Waals surface area contributed by atoms with E-state index in [-0.39, 0.29) is 30.7 Å². The van der Waals surface area contributed by atoms with Gasteiger partial charge in [-0.15, -0.1) is 0 Å². The largest absolute Gasteiger partial charge is 0.350 e. The van der Waals surface area contributed by atoms with Crippen LogP contribution in [0.25, 0.3) is 0 Å². The number of benzene rings is 2. The van der Waals surface area contributed by atoms with Crippen molar-refractivity contribution in [2.24, 2.45) is 0 Å². The Balaban J connectivity index is 0.00000126. The number of carbonyl (C=O) groups excluding carboxylic acids is 2. The number of hydrogen-bond acceptors (Lipinski definition) is 2. The van der Waals surface area contributed by atoms with Gasteiger partial charge in [-0.2, -0.15) is 0 Å². The van der Waals surface area contributed by atoms with Crippen LogP contribution in [0.5, 0.6) is 0 Å². The average Bonchev–Trinajstić information content (AvgIpc) is 3.12. The van der Waals surface area contributed by atoms with Crippen LogP contribution in [0.15, 0.2) is 53.0 Å². The number of nitrogens with zero attached hydrogens (tertiary/aromatic N) is 1. The molecule has 2 amide bonds. The highest BCUT2D eigenvalue weighted by Gasteiger charge is 2.23. The molecule has 1 N–H and O–H groups in total. The average molecular weight is 431 g/mol. The number of carbonyl (C=O) groups is 2. The molecule has 2 aromatic carbocycles. The Morgan fingerprint density at radius 2 is 1.56 bits per heavy atom. The summed E-state index contributed by atoms with van der Waals surface area (Å²) in [7, 11) is 0. The topological polar surface area (TPSA) is 49.4 Å². The predicted molar refractivity (Wildman–Crippen MR) is 112 cm³/mol. The number of hydrogen-bond donors (Lipinski definition) is 1. The van der Waals surface area contributed by atoms with Crippen molar-refractivity contribution in [2.75, 3.05) is 0 Å². The van der Waals surface area contributed by atoms with E-state index in [2.05, 4.69) is 33.4 Å². The summed E-state index contributed by atoms with van der Waals surface area (Å²) < 4.78 is 1.01. The number of amides is 2. The molecule has 1 atom stereocenters. The first kappa shape index (κ1) is 21.2. The van der Waals surface area contributed by atoms with Gasteiger partial charge in [0, 0.05) is 30.4 Å². The summed E-state index contributed by atoms with van der Waals surface area (Å²) >= 11 is 3.40. The SMILES string of the molecule is CC.CC(NC(=O)CCC(=O)N1Cc2ccccc2C1)c1ccc(Br)cc1. The lowest BCUT2D eigenvalue weighted by molar-refractivity contribution is -0.134. The van der Waals surface area contributed by atoms with Crippen molar-refractivity contribution in [1.82, 2.24) is 10.2 Å². The molecule has 2 aromatic rings. The zero-order chi connectivity index (χ0) is 19.8. The van der Waals surface area contributed by atoms with Crippen LogP contribution < -0.4 is 5.32 Å². The van der Waals surface area contributed by atoms with E-state index in [1.54, 1.807) is 0 Å².